The molecule has 0 saturated carbocycles. The van der Waals surface area contributed by atoms with Crippen LogP contribution in [0.1, 0.15) is 0 Å². The van der Waals surface area contributed by atoms with Gasteiger partial charge in [0.1, 0.15) is 13.2 Å². The lowest BCUT2D eigenvalue weighted by atomic mass is 9.89. The first-order chi connectivity index (χ1) is 13.2. The van der Waals surface area contributed by atoms with Crippen LogP contribution in [0.4, 0.5) is 74.6 Å². The second-order valence-corrected chi connectivity index (χ2v) is 5.54. The molecule has 0 spiro atoms. The molecule has 0 aromatic heterocycles. The molecular formula is C11H5F17O3. The smallest absolute Gasteiger partial charge is 0.460 e. The standard InChI is InChI=1S/C11H5F17O3/c12-4(13,2-31-1-3(29)30)5(14,15)6(16,17)7(18,19)8(20,21)9(22,23)10(24,25)11(26,27)28/h1-2H2,(H,29,30). The Balaban J connectivity index is 6.46. The molecule has 1 N–H and O–H groups in total. The fourth-order valence-electron chi connectivity index (χ4n) is 1.55. The van der Waals surface area contributed by atoms with Gasteiger partial charge in [-0.2, -0.15) is 74.6 Å². The minimum atomic E-state index is -8.70. The molecule has 0 rings (SSSR count). The lowest BCUT2D eigenvalue weighted by Crippen LogP contribution is -2.74. The van der Waals surface area contributed by atoms with Crippen LogP contribution < -0.4 is 0 Å². The van der Waals surface area contributed by atoms with Gasteiger partial charge in [0.15, 0.2) is 0 Å². The number of ether oxygens (including phenoxy) is 1. The van der Waals surface area contributed by atoms with Crippen molar-refractivity contribution in [2.45, 2.75) is 47.6 Å². The maximum Gasteiger partial charge on any atom is 0.460 e. The molecule has 0 aromatic rings. The average molecular weight is 508 g/mol. The highest BCUT2D eigenvalue weighted by atomic mass is 19.4. The Morgan fingerprint density at radius 3 is 1.13 bits per heavy atom. The van der Waals surface area contributed by atoms with Crippen molar-refractivity contribution in [1.29, 1.82) is 0 Å². The zero-order valence-electron chi connectivity index (χ0n) is 13.6. The molecule has 0 radical (unpaired) electrons. The molecule has 0 aromatic carbocycles. The monoisotopic (exact) mass is 508 g/mol. The van der Waals surface area contributed by atoms with Gasteiger partial charge in [0.25, 0.3) is 0 Å². The van der Waals surface area contributed by atoms with Crippen LogP contribution in [-0.4, -0.2) is 71.9 Å². The lowest BCUT2D eigenvalue weighted by Gasteiger charge is -2.42. The molecule has 0 aliphatic carbocycles. The van der Waals surface area contributed by atoms with Crippen LogP contribution >= 0.6 is 0 Å². The zero-order chi connectivity index (χ0) is 25.7. The molecule has 186 valence electrons. The van der Waals surface area contributed by atoms with Gasteiger partial charge in [-0.05, 0) is 0 Å². The Hall–Kier alpha value is -1.76. The van der Waals surface area contributed by atoms with Crippen molar-refractivity contribution >= 4 is 5.97 Å². The summed E-state index contributed by atoms with van der Waals surface area (Å²) in [4.78, 5) is 9.94. The fourth-order valence-corrected chi connectivity index (χ4v) is 1.55. The minimum Gasteiger partial charge on any atom is -0.480 e. The van der Waals surface area contributed by atoms with E-state index in [1.807, 2.05) is 0 Å². The van der Waals surface area contributed by atoms with Crippen LogP contribution in [0, 0.1) is 0 Å². The summed E-state index contributed by atoms with van der Waals surface area (Å²) in [6, 6.07) is 0. The van der Waals surface area contributed by atoms with E-state index in [1.165, 1.54) is 0 Å². The van der Waals surface area contributed by atoms with Crippen molar-refractivity contribution in [1.82, 2.24) is 0 Å². The summed E-state index contributed by atoms with van der Waals surface area (Å²) >= 11 is 0. The van der Waals surface area contributed by atoms with Crippen LogP contribution in [0.3, 0.4) is 0 Å². The van der Waals surface area contributed by atoms with Gasteiger partial charge in [-0.3, -0.25) is 0 Å². The summed E-state index contributed by atoms with van der Waals surface area (Å²) in [5, 5.41) is 7.97. The summed E-state index contributed by atoms with van der Waals surface area (Å²) in [5.41, 5.74) is 0. The maximum absolute atomic E-state index is 13.3. The number of halogens is 17. The number of aliphatic carboxylic acids is 1. The van der Waals surface area contributed by atoms with Gasteiger partial charge in [0.05, 0.1) is 0 Å². The fraction of sp³-hybridized carbons (Fsp3) is 0.909. The van der Waals surface area contributed by atoms with E-state index in [0.29, 0.717) is 0 Å². The SMILES string of the molecule is O=C(O)COCC(F)(F)C(F)(F)C(F)(F)C(F)(F)C(F)(F)C(F)(F)C(F)(F)C(F)(F)F. The third-order valence-electron chi connectivity index (χ3n) is 3.30. The summed E-state index contributed by atoms with van der Waals surface area (Å²) in [7, 11) is 0. The molecule has 0 amide bonds. The molecule has 3 nitrogen and oxygen atoms in total. The number of carbonyl (C=O) groups is 1. The van der Waals surface area contributed by atoms with E-state index in [-0.39, 0.29) is 0 Å². The highest BCUT2D eigenvalue weighted by Gasteiger charge is 2.95. The molecule has 0 aliphatic rings. The number of alkyl halides is 17. The summed E-state index contributed by atoms with van der Waals surface area (Å²) in [5.74, 6) is -59.5. The van der Waals surface area contributed by atoms with E-state index in [9.17, 15) is 79.4 Å². The predicted octanol–water partition coefficient (Wildman–Crippen LogP) is 5.10. The quantitative estimate of drug-likeness (QED) is 0.418. The largest absolute Gasteiger partial charge is 0.480 e. The van der Waals surface area contributed by atoms with E-state index in [4.69, 9.17) is 5.11 Å². The molecule has 0 saturated heterocycles. The van der Waals surface area contributed by atoms with Crippen LogP contribution in [0.5, 0.6) is 0 Å². The molecule has 0 bridgehead atoms. The van der Waals surface area contributed by atoms with Gasteiger partial charge in [-0.15, -0.1) is 0 Å². The van der Waals surface area contributed by atoms with Crippen molar-refractivity contribution < 1.29 is 89.3 Å². The van der Waals surface area contributed by atoms with E-state index in [2.05, 4.69) is 4.74 Å². The molecule has 20 heteroatoms. The first-order valence-corrected chi connectivity index (χ1v) is 6.67. The van der Waals surface area contributed by atoms with E-state index < -0.39 is 66.8 Å². The zero-order valence-corrected chi connectivity index (χ0v) is 13.6. The number of carboxylic acids is 1. The van der Waals surface area contributed by atoms with Crippen molar-refractivity contribution in [2.24, 2.45) is 0 Å². The highest BCUT2D eigenvalue weighted by Crippen LogP contribution is 2.63. The second-order valence-electron chi connectivity index (χ2n) is 5.54. The number of rotatable bonds is 10. The van der Waals surface area contributed by atoms with E-state index >= 15 is 0 Å². The van der Waals surface area contributed by atoms with Gasteiger partial charge < -0.3 is 9.84 Å². The Bertz CT molecular complexity index is 665. The van der Waals surface area contributed by atoms with Gasteiger partial charge in [-0.25, -0.2) is 4.79 Å². The third-order valence-corrected chi connectivity index (χ3v) is 3.30. The summed E-state index contributed by atoms with van der Waals surface area (Å²) in [6.07, 6.45) is -7.82. The van der Waals surface area contributed by atoms with Crippen LogP contribution in [0.2, 0.25) is 0 Å². The molecular weight excluding hydrogens is 503 g/mol. The molecule has 0 unspecified atom stereocenters. The van der Waals surface area contributed by atoms with Crippen LogP contribution in [-0.2, 0) is 9.53 Å². The number of carboxylic acid groups (broad SMARTS) is 1. The Kier molecular flexibility index (Phi) is 7.24. The highest BCUT2D eigenvalue weighted by molar-refractivity contribution is 5.67. The molecule has 0 aliphatic heterocycles. The second kappa shape index (κ2) is 7.68. The molecule has 0 fully saturated rings. The van der Waals surface area contributed by atoms with E-state index in [1.54, 1.807) is 0 Å². The summed E-state index contributed by atoms with van der Waals surface area (Å²) in [6.45, 7) is -5.22. The molecule has 0 atom stereocenters. The predicted molar refractivity (Wildman–Crippen MR) is 59.1 cm³/mol. The van der Waals surface area contributed by atoms with E-state index in [0.717, 1.165) is 0 Å². The van der Waals surface area contributed by atoms with Crippen molar-refractivity contribution in [3.63, 3.8) is 0 Å². The minimum absolute atomic E-state index is 1.99. The van der Waals surface area contributed by atoms with Gasteiger partial charge in [0.2, 0.25) is 0 Å². The molecule has 0 heterocycles. The topological polar surface area (TPSA) is 46.5 Å². The number of hydrogen-bond acceptors (Lipinski definition) is 2. The Morgan fingerprint density at radius 2 is 0.839 bits per heavy atom. The van der Waals surface area contributed by atoms with Gasteiger partial charge in [0, 0.05) is 0 Å². The summed E-state index contributed by atoms with van der Waals surface area (Å²) < 4.78 is 222. The first kappa shape index (κ1) is 29.2. The van der Waals surface area contributed by atoms with Crippen LogP contribution in [0.25, 0.3) is 0 Å². The Morgan fingerprint density at radius 1 is 0.548 bits per heavy atom. The molecule has 31 heavy (non-hydrogen) atoms. The van der Waals surface area contributed by atoms with Crippen LogP contribution in [0.15, 0.2) is 0 Å². The third kappa shape index (κ3) is 4.18. The Labute approximate surface area is 157 Å². The van der Waals surface area contributed by atoms with Crippen molar-refractivity contribution in [3.05, 3.63) is 0 Å². The van der Waals surface area contributed by atoms with Crippen molar-refractivity contribution in [2.75, 3.05) is 13.2 Å². The normalized spacial score (nSPS) is 15.9. The number of hydrogen-bond donors (Lipinski definition) is 1. The average Bonchev–Trinajstić information content (AvgIpc) is 2.51. The van der Waals surface area contributed by atoms with Crippen molar-refractivity contribution in [3.8, 4) is 0 Å². The van der Waals surface area contributed by atoms with Gasteiger partial charge in [-0.1, -0.05) is 0 Å². The van der Waals surface area contributed by atoms with Gasteiger partial charge >= 0.3 is 53.6 Å². The lowest BCUT2D eigenvalue weighted by molar-refractivity contribution is -0.462. The first-order valence-electron chi connectivity index (χ1n) is 6.67. The maximum atomic E-state index is 13.3.